The van der Waals surface area contributed by atoms with Crippen molar-refractivity contribution in [1.82, 2.24) is 10.6 Å². The normalized spacial score (nSPS) is 24.6. The monoisotopic (exact) mass is 338 g/mol. The van der Waals surface area contributed by atoms with Crippen LogP contribution in [0.3, 0.4) is 0 Å². The molecule has 136 valence electrons. The van der Waals surface area contributed by atoms with Crippen molar-refractivity contribution in [3.05, 3.63) is 0 Å². The predicted octanol–water partition coefficient (Wildman–Crippen LogP) is 0.884. The fraction of sp³-hybridized carbons (Fsp3) is 0.933. The van der Waals surface area contributed by atoms with E-state index in [2.05, 4.69) is 15.4 Å². The Hall–Kier alpha value is -0.830. The Morgan fingerprint density at radius 2 is 2.04 bits per heavy atom. The minimum atomic E-state index is -2.93. The molecular formula is C15H28F2N2O4. The third-order valence-electron chi connectivity index (χ3n) is 3.82. The first-order valence-electron chi connectivity index (χ1n) is 7.95. The number of carbonyl (C=O) groups is 1. The largest absolute Gasteiger partial charge is 0.388 e. The molecule has 4 atom stereocenters. The van der Waals surface area contributed by atoms with Crippen LogP contribution < -0.4 is 10.6 Å². The van der Waals surface area contributed by atoms with Crippen LogP contribution in [0.5, 0.6) is 0 Å². The van der Waals surface area contributed by atoms with Crippen molar-refractivity contribution >= 4 is 5.91 Å². The Morgan fingerprint density at radius 1 is 1.43 bits per heavy atom. The number of hydrogen-bond acceptors (Lipinski definition) is 5. The second-order valence-corrected chi connectivity index (χ2v) is 6.50. The van der Waals surface area contributed by atoms with Gasteiger partial charge in [0.2, 0.25) is 5.91 Å². The Morgan fingerprint density at radius 3 is 2.48 bits per heavy atom. The predicted molar refractivity (Wildman–Crippen MR) is 81.2 cm³/mol. The number of aliphatic hydroxyl groups is 1. The van der Waals surface area contributed by atoms with Crippen LogP contribution >= 0.6 is 0 Å². The first-order valence-corrected chi connectivity index (χ1v) is 7.95. The van der Waals surface area contributed by atoms with Crippen LogP contribution in [-0.4, -0.2) is 61.2 Å². The van der Waals surface area contributed by atoms with E-state index >= 15 is 0 Å². The highest BCUT2D eigenvalue weighted by molar-refractivity contribution is 5.82. The number of hydrogen-bond donors (Lipinski definition) is 3. The lowest BCUT2D eigenvalue weighted by Crippen LogP contribution is -2.55. The number of nitrogens with one attached hydrogen (secondary N) is 2. The molecule has 1 amide bonds. The highest BCUT2D eigenvalue weighted by atomic mass is 19.3. The number of halogens is 2. The summed E-state index contributed by atoms with van der Waals surface area (Å²) in [7, 11) is 0. The van der Waals surface area contributed by atoms with Crippen LogP contribution in [0.2, 0.25) is 0 Å². The van der Waals surface area contributed by atoms with Gasteiger partial charge in [0, 0.05) is 0 Å². The van der Waals surface area contributed by atoms with Crippen molar-refractivity contribution in [3.63, 3.8) is 0 Å². The number of carbonyl (C=O) groups excluding carboxylic acids is 1. The molecule has 0 bridgehead atoms. The molecule has 1 rings (SSSR count). The average molecular weight is 338 g/mol. The Bertz CT molecular complexity index is 378. The van der Waals surface area contributed by atoms with Crippen molar-refractivity contribution in [2.75, 3.05) is 19.8 Å². The van der Waals surface area contributed by atoms with Gasteiger partial charge in [-0.05, 0) is 25.8 Å². The SMILES string of the molecule is CCN[C@@H](COC(F)F)C(=O)NC(CC(C)C)C(O)C1(C)CO1. The molecule has 0 aromatic rings. The van der Waals surface area contributed by atoms with Crippen LogP contribution in [0, 0.1) is 5.92 Å². The fourth-order valence-corrected chi connectivity index (χ4v) is 2.41. The third-order valence-corrected chi connectivity index (χ3v) is 3.82. The lowest BCUT2D eigenvalue weighted by molar-refractivity contribution is -0.144. The fourth-order valence-electron chi connectivity index (χ4n) is 2.41. The molecule has 8 heteroatoms. The summed E-state index contributed by atoms with van der Waals surface area (Å²) in [6, 6.07) is -1.41. The Labute approximate surface area is 135 Å². The molecule has 1 fully saturated rings. The van der Waals surface area contributed by atoms with E-state index < -0.39 is 42.9 Å². The Kier molecular flexibility index (Phi) is 7.79. The zero-order chi connectivity index (χ0) is 17.6. The standard InChI is InChI=1S/C15H28F2N2O4/c1-5-18-11(7-22-14(16)17)13(21)19-10(6-9(2)3)12(20)15(4)8-23-15/h9-12,14,18,20H,5-8H2,1-4H3,(H,19,21)/t10?,11-,12?,15?/m0/s1. The van der Waals surface area contributed by atoms with Gasteiger partial charge in [-0.2, -0.15) is 8.78 Å². The van der Waals surface area contributed by atoms with Crippen LogP contribution in [0.4, 0.5) is 8.78 Å². The molecule has 1 saturated heterocycles. The van der Waals surface area contributed by atoms with Crippen LogP contribution in [-0.2, 0) is 14.3 Å². The van der Waals surface area contributed by atoms with E-state index in [1.165, 1.54) is 0 Å². The number of ether oxygens (including phenoxy) is 2. The Balaban J connectivity index is 2.68. The number of epoxide rings is 1. The van der Waals surface area contributed by atoms with Gasteiger partial charge >= 0.3 is 6.61 Å². The molecule has 0 aromatic carbocycles. The zero-order valence-corrected chi connectivity index (χ0v) is 14.1. The summed E-state index contributed by atoms with van der Waals surface area (Å²) in [4.78, 5) is 12.3. The average Bonchev–Trinajstić information content (AvgIpc) is 3.20. The quantitative estimate of drug-likeness (QED) is 0.487. The van der Waals surface area contributed by atoms with Gasteiger partial charge in [-0.3, -0.25) is 4.79 Å². The third kappa shape index (κ3) is 6.66. The second-order valence-electron chi connectivity index (χ2n) is 6.50. The van der Waals surface area contributed by atoms with E-state index in [1.807, 2.05) is 13.8 Å². The molecule has 1 aliphatic rings. The first-order chi connectivity index (χ1) is 10.7. The first kappa shape index (κ1) is 20.2. The molecule has 0 radical (unpaired) electrons. The number of alkyl halides is 2. The van der Waals surface area contributed by atoms with Crippen LogP contribution in [0.1, 0.15) is 34.1 Å². The summed E-state index contributed by atoms with van der Waals surface area (Å²) in [5.41, 5.74) is -0.653. The van der Waals surface area contributed by atoms with Gasteiger partial charge in [0.15, 0.2) is 0 Å². The molecule has 23 heavy (non-hydrogen) atoms. The summed E-state index contributed by atoms with van der Waals surface area (Å²) < 4.78 is 33.9. The molecule has 1 aliphatic heterocycles. The second kappa shape index (κ2) is 8.86. The van der Waals surface area contributed by atoms with Gasteiger partial charge in [0.25, 0.3) is 0 Å². The molecule has 0 spiro atoms. The summed E-state index contributed by atoms with van der Waals surface area (Å²) >= 11 is 0. The smallest absolute Gasteiger partial charge is 0.345 e. The van der Waals surface area contributed by atoms with E-state index in [0.717, 1.165) is 0 Å². The van der Waals surface area contributed by atoms with Gasteiger partial charge < -0.3 is 25.2 Å². The van der Waals surface area contributed by atoms with E-state index in [-0.39, 0.29) is 5.92 Å². The summed E-state index contributed by atoms with van der Waals surface area (Å²) in [5, 5.41) is 16.0. The molecule has 0 aromatic heterocycles. The van der Waals surface area contributed by atoms with Gasteiger partial charge in [-0.25, -0.2) is 0 Å². The highest BCUT2D eigenvalue weighted by Crippen LogP contribution is 2.33. The summed E-state index contributed by atoms with van der Waals surface area (Å²) in [6.45, 7) is 5.00. The molecule has 6 nitrogen and oxygen atoms in total. The van der Waals surface area contributed by atoms with Crippen LogP contribution in [0.25, 0.3) is 0 Å². The minimum absolute atomic E-state index is 0.243. The molecule has 3 unspecified atom stereocenters. The van der Waals surface area contributed by atoms with Crippen molar-refractivity contribution < 1.29 is 28.2 Å². The van der Waals surface area contributed by atoms with Crippen molar-refractivity contribution in [1.29, 1.82) is 0 Å². The van der Waals surface area contributed by atoms with E-state index in [4.69, 9.17) is 4.74 Å². The van der Waals surface area contributed by atoms with Crippen molar-refractivity contribution in [2.24, 2.45) is 5.92 Å². The molecule has 0 saturated carbocycles. The maximum Gasteiger partial charge on any atom is 0.345 e. The lowest BCUT2D eigenvalue weighted by Gasteiger charge is -2.30. The number of amides is 1. The van der Waals surface area contributed by atoms with Gasteiger partial charge in [0.05, 0.1) is 19.3 Å². The highest BCUT2D eigenvalue weighted by Gasteiger charge is 2.50. The summed E-state index contributed by atoms with van der Waals surface area (Å²) in [5.74, 6) is -0.228. The zero-order valence-electron chi connectivity index (χ0n) is 14.1. The van der Waals surface area contributed by atoms with E-state index in [0.29, 0.717) is 19.6 Å². The number of likely N-dealkylation sites (N-methyl/N-ethyl adjacent to an activating group) is 1. The maximum absolute atomic E-state index is 12.3. The molecule has 0 aliphatic carbocycles. The molecule has 1 heterocycles. The van der Waals surface area contributed by atoms with Crippen molar-refractivity contribution in [2.45, 2.75) is 64.5 Å². The van der Waals surface area contributed by atoms with Gasteiger partial charge in [-0.1, -0.05) is 20.8 Å². The van der Waals surface area contributed by atoms with E-state index in [1.54, 1.807) is 13.8 Å². The number of rotatable bonds is 11. The van der Waals surface area contributed by atoms with E-state index in [9.17, 15) is 18.7 Å². The molecular weight excluding hydrogens is 310 g/mol. The maximum atomic E-state index is 12.3. The van der Waals surface area contributed by atoms with Gasteiger partial charge in [-0.15, -0.1) is 0 Å². The lowest BCUT2D eigenvalue weighted by atomic mass is 9.91. The number of aliphatic hydroxyl groups excluding tert-OH is 1. The summed E-state index contributed by atoms with van der Waals surface area (Å²) in [6.07, 6.45) is -0.299. The minimum Gasteiger partial charge on any atom is -0.388 e. The van der Waals surface area contributed by atoms with Crippen molar-refractivity contribution in [3.8, 4) is 0 Å². The molecule has 3 N–H and O–H groups in total. The topological polar surface area (TPSA) is 83.1 Å². The van der Waals surface area contributed by atoms with Crippen LogP contribution in [0.15, 0.2) is 0 Å². The van der Waals surface area contributed by atoms with Gasteiger partial charge in [0.1, 0.15) is 17.7 Å².